The van der Waals surface area contributed by atoms with Gasteiger partial charge in [0.2, 0.25) is 0 Å². The van der Waals surface area contributed by atoms with Gasteiger partial charge in [-0.2, -0.15) is 0 Å². The standard InChI is InChI=1S/C10H11BrN2S/c1-2-7-14-8-6-12-10-5-3-4-9(11)13-10/h1,3-5H,6-8H2,(H,12,13). The van der Waals surface area contributed by atoms with Crippen LogP contribution in [0.2, 0.25) is 0 Å². The molecule has 0 saturated carbocycles. The largest absolute Gasteiger partial charge is 0.369 e. The minimum Gasteiger partial charge on any atom is -0.369 e. The Morgan fingerprint density at radius 1 is 1.57 bits per heavy atom. The minimum atomic E-state index is 0.771. The van der Waals surface area contributed by atoms with Gasteiger partial charge in [-0.1, -0.05) is 12.0 Å². The van der Waals surface area contributed by atoms with E-state index in [0.717, 1.165) is 28.5 Å². The van der Waals surface area contributed by atoms with Crippen molar-refractivity contribution in [2.75, 3.05) is 23.4 Å². The Labute approximate surface area is 97.0 Å². The highest BCUT2D eigenvalue weighted by molar-refractivity contribution is 9.10. The van der Waals surface area contributed by atoms with Crippen molar-refractivity contribution in [1.82, 2.24) is 4.98 Å². The lowest BCUT2D eigenvalue weighted by Crippen LogP contribution is -2.05. The van der Waals surface area contributed by atoms with E-state index in [0.29, 0.717) is 0 Å². The second kappa shape index (κ2) is 6.74. The molecule has 4 heteroatoms. The lowest BCUT2D eigenvalue weighted by atomic mass is 10.4. The van der Waals surface area contributed by atoms with E-state index in [2.05, 4.69) is 32.2 Å². The van der Waals surface area contributed by atoms with Crippen molar-refractivity contribution in [1.29, 1.82) is 0 Å². The van der Waals surface area contributed by atoms with E-state index in [1.807, 2.05) is 18.2 Å². The van der Waals surface area contributed by atoms with Crippen LogP contribution in [0.5, 0.6) is 0 Å². The van der Waals surface area contributed by atoms with Crippen LogP contribution >= 0.6 is 27.7 Å². The van der Waals surface area contributed by atoms with Gasteiger partial charge >= 0.3 is 0 Å². The lowest BCUT2D eigenvalue weighted by molar-refractivity contribution is 1.16. The number of halogens is 1. The summed E-state index contributed by atoms with van der Waals surface area (Å²) in [5.41, 5.74) is 0. The fraction of sp³-hybridized carbons (Fsp3) is 0.300. The van der Waals surface area contributed by atoms with Crippen LogP contribution in [0.3, 0.4) is 0 Å². The molecule has 0 unspecified atom stereocenters. The monoisotopic (exact) mass is 270 g/mol. The summed E-state index contributed by atoms with van der Waals surface area (Å²) in [6.45, 7) is 0.885. The summed E-state index contributed by atoms with van der Waals surface area (Å²) < 4.78 is 0.846. The molecule has 0 spiro atoms. The smallest absolute Gasteiger partial charge is 0.127 e. The predicted molar refractivity (Wildman–Crippen MR) is 66.6 cm³/mol. The van der Waals surface area contributed by atoms with E-state index < -0.39 is 0 Å². The Morgan fingerprint density at radius 3 is 3.14 bits per heavy atom. The fourth-order valence-electron chi connectivity index (χ4n) is 0.889. The van der Waals surface area contributed by atoms with Crippen molar-refractivity contribution in [2.45, 2.75) is 0 Å². The molecule has 0 saturated heterocycles. The first-order valence-electron chi connectivity index (χ1n) is 4.20. The Kier molecular flexibility index (Phi) is 5.50. The number of nitrogens with zero attached hydrogens (tertiary/aromatic N) is 1. The van der Waals surface area contributed by atoms with Crippen LogP contribution < -0.4 is 5.32 Å². The molecule has 1 rings (SSSR count). The van der Waals surface area contributed by atoms with E-state index in [-0.39, 0.29) is 0 Å². The topological polar surface area (TPSA) is 24.9 Å². The van der Waals surface area contributed by atoms with Crippen LogP contribution in [0.25, 0.3) is 0 Å². The molecule has 0 aliphatic rings. The molecule has 0 aliphatic heterocycles. The maximum atomic E-state index is 5.13. The predicted octanol–water partition coefficient (Wildman–Crippen LogP) is 2.62. The highest BCUT2D eigenvalue weighted by Crippen LogP contribution is 2.09. The number of hydrogen-bond acceptors (Lipinski definition) is 3. The summed E-state index contributed by atoms with van der Waals surface area (Å²) in [5, 5.41) is 3.21. The highest BCUT2D eigenvalue weighted by atomic mass is 79.9. The molecule has 14 heavy (non-hydrogen) atoms. The molecule has 74 valence electrons. The molecule has 0 aliphatic carbocycles. The van der Waals surface area contributed by atoms with Crippen LogP contribution in [-0.4, -0.2) is 23.0 Å². The summed E-state index contributed by atoms with van der Waals surface area (Å²) in [6.07, 6.45) is 5.13. The molecule has 1 heterocycles. The third kappa shape index (κ3) is 4.54. The molecule has 0 fully saturated rings. The average Bonchev–Trinajstić information content (AvgIpc) is 2.18. The van der Waals surface area contributed by atoms with Gasteiger partial charge in [0.05, 0.1) is 5.75 Å². The van der Waals surface area contributed by atoms with Gasteiger partial charge in [-0.3, -0.25) is 0 Å². The van der Waals surface area contributed by atoms with Gasteiger partial charge in [-0.25, -0.2) is 4.98 Å². The number of thioether (sulfide) groups is 1. The van der Waals surface area contributed by atoms with Crippen molar-refractivity contribution < 1.29 is 0 Å². The molecule has 1 aromatic rings. The van der Waals surface area contributed by atoms with Crippen molar-refractivity contribution >= 4 is 33.5 Å². The van der Waals surface area contributed by atoms with Crippen molar-refractivity contribution in [3.8, 4) is 12.3 Å². The van der Waals surface area contributed by atoms with Gasteiger partial charge in [0.1, 0.15) is 10.4 Å². The van der Waals surface area contributed by atoms with E-state index in [1.165, 1.54) is 0 Å². The third-order valence-corrected chi connectivity index (χ3v) is 2.76. The van der Waals surface area contributed by atoms with Crippen LogP contribution in [0.1, 0.15) is 0 Å². The van der Waals surface area contributed by atoms with Crippen molar-refractivity contribution in [3.63, 3.8) is 0 Å². The molecule has 0 bridgehead atoms. The van der Waals surface area contributed by atoms with E-state index >= 15 is 0 Å². The van der Waals surface area contributed by atoms with Gasteiger partial charge in [-0.05, 0) is 28.1 Å². The second-order valence-corrected chi connectivity index (χ2v) is 4.45. The Hall–Kier alpha value is -0.660. The number of rotatable bonds is 5. The molecule has 1 aromatic heterocycles. The molecule has 0 aromatic carbocycles. The lowest BCUT2D eigenvalue weighted by Gasteiger charge is -2.04. The number of nitrogens with one attached hydrogen (secondary N) is 1. The molecule has 0 radical (unpaired) electrons. The van der Waals surface area contributed by atoms with Crippen molar-refractivity contribution in [2.24, 2.45) is 0 Å². The molecular formula is C10H11BrN2S. The molecule has 1 N–H and O–H groups in total. The maximum Gasteiger partial charge on any atom is 0.127 e. The average molecular weight is 271 g/mol. The van der Waals surface area contributed by atoms with Gasteiger partial charge in [-0.15, -0.1) is 18.2 Å². The van der Waals surface area contributed by atoms with Crippen LogP contribution in [0, 0.1) is 12.3 Å². The van der Waals surface area contributed by atoms with Crippen molar-refractivity contribution in [3.05, 3.63) is 22.8 Å². The fourth-order valence-corrected chi connectivity index (χ4v) is 1.74. The number of aromatic nitrogens is 1. The summed E-state index contributed by atoms with van der Waals surface area (Å²) in [7, 11) is 0. The molecule has 0 amide bonds. The summed E-state index contributed by atoms with van der Waals surface area (Å²) in [6, 6.07) is 5.79. The van der Waals surface area contributed by atoms with E-state index in [1.54, 1.807) is 11.8 Å². The van der Waals surface area contributed by atoms with Gasteiger partial charge in [0.25, 0.3) is 0 Å². The zero-order valence-corrected chi connectivity index (χ0v) is 10.1. The van der Waals surface area contributed by atoms with E-state index in [9.17, 15) is 0 Å². The quantitative estimate of drug-likeness (QED) is 0.506. The highest BCUT2D eigenvalue weighted by Gasteiger charge is 1.93. The van der Waals surface area contributed by atoms with Gasteiger partial charge in [0, 0.05) is 12.3 Å². The number of pyridine rings is 1. The first-order valence-corrected chi connectivity index (χ1v) is 6.15. The Balaban J connectivity index is 2.22. The van der Waals surface area contributed by atoms with Gasteiger partial charge in [0.15, 0.2) is 0 Å². The Bertz CT molecular complexity index is 322. The summed E-state index contributed by atoms with van der Waals surface area (Å²) in [5.74, 6) is 5.25. The molecular weight excluding hydrogens is 260 g/mol. The van der Waals surface area contributed by atoms with E-state index in [4.69, 9.17) is 6.42 Å². The zero-order valence-electron chi connectivity index (χ0n) is 7.66. The van der Waals surface area contributed by atoms with Gasteiger partial charge < -0.3 is 5.32 Å². The minimum absolute atomic E-state index is 0.771. The number of anilines is 1. The zero-order chi connectivity index (χ0) is 10.2. The number of terminal acetylenes is 1. The SMILES string of the molecule is C#CCSCCNc1cccc(Br)n1. The van der Waals surface area contributed by atoms with Crippen LogP contribution in [0.15, 0.2) is 22.8 Å². The maximum absolute atomic E-state index is 5.13. The first-order chi connectivity index (χ1) is 6.83. The Morgan fingerprint density at radius 2 is 2.43 bits per heavy atom. The van der Waals surface area contributed by atoms with Crippen LogP contribution in [-0.2, 0) is 0 Å². The molecule has 0 atom stereocenters. The third-order valence-electron chi connectivity index (χ3n) is 1.45. The van der Waals surface area contributed by atoms with Crippen LogP contribution in [0.4, 0.5) is 5.82 Å². The molecule has 2 nitrogen and oxygen atoms in total. The second-order valence-electron chi connectivity index (χ2n) is 2.53. The summed E-state index contributed by atoms with van der Waals surface area (Å²) in [4.78, 5) is 4.25. The first kappa shape index (κ1) is 11.4. The normalized spacial score (nSPS) is 9.43. The number of hydrogen-bond donors (Lipinski definition) is 1. The summed E-state index contributed by atoms with van der Waals surface area (Å²) >= 11 is 5.05.